The van der Waals surface area contributed by atoms with Crippen molar-refractivity contribution in [2.24, 2.45) is 7.05 Å². The first-order valence-electron chi connectivity index (χ1n) is 5.50. The molecule has 0 bridgehead atoms. The van der Waals surface area contributed by atoms with E-state index in [0.29, 0.717) is 11.7 Å². The van der Waals surface area contributed by atoms with E-state index < -0.39 is 11.9 Å². The highest BCUT2D eigenvalue weighted by atomic mass is 32.2. The van der Waals surface area contributed by atoms with Crippen LogP contribution in [-0.2, 0) is 13.2 Å². The average Bonchev–Trinajstić information content (AvgIpc) is 2.74. The molecule has 0 amide bonds. The number of halogens is 3. The van der Waals surface area contributed by atoms with Crippen molar-refractivity contribution in [2.45, 2.75) is 23.3 Å². The quantitative estimate of drug-likeness (QED) is 0.859. The lowest BCUT2D eigenvalue weighted by molar-refractivity contribution is -0.141. The summed E-state index contributed by atoms with van der Waals surface area (Å²) in [4.78, 5) is 7.41. The predicted octanol–water partition coefficient (Wildman–Crippen LogP) is 1.60. The summed E-state index contributed by atoms with van der Waals surface area (Å²) >= 11 is 0.927. The Balaban J connectivity index is 2.36. The number of hydrogen-bond donors (Lipinski definition) is 1. The number of anilines is 1. The molecule has 20 heavy (non-hydrogen) atoms. The molecule has 0 fully saturated rings. The Hall–Kier alpha value is -1.91. The van der Waals surface area contributed by atoms with Crippen molar-refractivity contribution in [1.29, 1.82) is 0 Å². The second-order valence-corrected chi connectivity index (χ2v) is 4.62. The van der Waals surface area contributed by atoms with Crippen LogP contribution in [0.4, 0.5) is 19.1 Å². The normalized spacial score (nSPS) is 11.7. The molecule has 2 rings (SSSR count). The van der Waals surface area contributed by atoms with E-state index in [1.54, 1.807) is 14.0 Å². The maximum absolute atomic E-state index is 12.8. The molecule has 0 aliphatic rings. The Kier molecular flexibility index (Phi) is 4.06. The molecule has 1 N–H and O–H groups in total. The summed E-state index contributed by atoms with van der Waals surface area (Å²) in [6.07, 6.45) is -4.54. The summed E-state index contributed by atoms with van der Waals surface area (Å²) in [5.74, 6) is -0.0834. The Bertz CT molecular complexity index is 597. The lowest BCUT2D eigenvalue weighted by Crippen LogP contribution is -2.12. The molecule has 0 aliphatic carbocycles. The van der Waals surface area contributed by atoms with Gasteiger partial charge in [0.05, 0.1) is 0 Å². The fourth-order valence-corrected chi connectivity index (χ4v) is 2.00. The minimum absolute atomic E-state index is 0.0834. The van der Waals surface area contributed by atoms with E-state index in [1.165, 1.54) is 4.68 Å². The molecule has 0 spiro atoms. The molecule has 0 aromatic carbocycles. The maximum atomic E-state index is 12.8. The van der Waals surface area contributed by atoms with Gasteiger partial charge in [-0.25, -0.2) is 14.6 Å². The molecule has 0 aliphatic heterocycles. The van der Waals surface area contributed by atoms with Crippen molar-refractivity contribution < 1.29 is 13.2 Å². The van der Waals surface area contributed by atoms with Crippen LogP contribution in [0, 0.1) is 0 Å². The summed E-state index contributed by atoms with van der Waals surface area (Å²) in [7, 11) is 1.58. The van der Waals surface area contributed by atoms with E-state index >= 15 is 0 Å². The van der Waals surface area contributed by atoms with Crippen LogP contribution in [0.5, 0.6) is 0 Å². The number of alkyl halides is 3. The number of nitrogens with zero attached hydrogens (tertiary/aromatic N) is 6. The highest BCUT2D eigenvalue weighted by Gasteiger charge is 2.34. The fourth-order valence-electron chi connectivity index (χ4n) is 1.26. The van der Waals surface area contributed by atoms with Crippen molar-refractivity contribution in [1.82, 2.24) is 30.2 Å². The highest BCUT2D eigenvalue weighted by Crippen LogP contribution is 2.32. The van der Waals surface area contributed by atoms with Gasteiger partial charge in [-0.05, 0) is 29.1 Å². The SMILES string of the molecule is CCNc1nc(Sc2nnnn2C)cc(C(F)(F)F)n1. The van der Waals surface area contributed by atoms with Crippen molar-refractivity contribution in [3.8, 4) is 0 Å². The second-order valence-electron chi connectivity index (χ2n) is 3.63. The van der Waals surface area contributed by atoms with Crippen LogP contribution in [-0.4, -0.2) is 36.7 Å². The summed E-state index contributed by atoms with van der Waals surface area (Å²) in [5, 5.41) is 13.8. The molecule has 0 saturated heterocycles. The van der Waals surface area contributed by atoms with Crippen molar-refractivity contribution in [2.75, 3.05) is 11.9 Å². The lowest BCUT2D eigenvalue weighted by Gasteiger charge is -2.10. The minimum Gasteiger partial charge on any atom is -0.354 e. The third kappa shape index (κ3) is 3.35. The van der Waals surface area contributed by atoms with Gasteiger partial charge in [-0.15, -0.1) is 5.10 Å². The van der Waals surface area contributed by atoms with Crippen molar-refractivity contribution >= 4 is 17.7 Å². The molecule has 2 heterocycles. The first-order valence-corrected chi connectivity index (χ1v) is 6.32. The van der Waals surface area contributed by atoms with Gasteiger partial charge in [0, 0.05) is 19.7 Å². The van der Waals surface area contributed by atoms with Gasteiger partial charge in [-0.3, -0.25) is 0 Å². The number of aromatic nitrogens is 6. The predicted molar refractivity (Wildman–Crippen MR) is 64.1 cm³/mol. The van der Waals surface area contributed by atoms with E-state index in [9.17, 15) is 13.2 Å². The Morgan fingerprint density at radius 2 is 2.10 bits per heavy atom. The Morgan fingerprint density at radius 1 is 1.35 bits per heavy atom. The number of rotatable bonds is 4. The minimum atomic E-state index is -4.54. The third-order valence-corrected chi connectivity index (χ3v) is 3.05. The Labute approximate surface area is 116 Å². The van der Waals surface area contributed by atoms with Crippen LogP contribution in [0.25, 0.3) is 0 Å². The molecule has 0 saturated carbocycles. The molecule has 2 aromatic rings. The fraction of sp³-hybridized carbons (Fsp3) is 0.444. The lowest BCUT2D eigenvalue weighted by atomic mass is 10.4. The van der Waals surface area contributed by atoms with E-state index in [0.717, 1.165) is 17.8 Å². The molecule has 11 heteroatoms. The number of hydrogen-bond acceptors (Lipinski definition) is 7. The number of tetrazole rings is 1. The summed E-state index contributed by atoms with van der Waals surface area (Å²) < 4.78 is 39.7. The van der Waals surface area contributed by atoms with Crippen LogP contribution in [0.3, 0.4) is 0 Å². The maximum Gasteiger partial charge on any atom is 0.433 e. The summed E-state index contributed by atoms with van der Waals surface area (Å²) in [5.41, 5.74) is -1.01. The standard InChI is InChI=1S/C9H10F3N7S/c1-3-13-7-14-5(9(10,11)12)4-6(15-7)20-8-16-17-18-19(8)2/h4H,3H2,1-2H3,(H,13,14,15). The smallest absolute Gasteiger partial charge is 0.354 e. The van der Waals surface area contributed by atoms with E-state index in [2.05, 4.69) is 30.8 Å². The topological polar surface area (TPSA) is 81.4 Å². The molecule has 0 unspecified atom stereocenters. The zero-order valence-corrected chi connectivity index (χ0v) is 11.3. The highest BCUT2D eigenvalue weighted by molar-refractivity contribution is 7.99. The second kappa shape index (κ2) is 5.61. The van der Waals surface area contributed by atoms with E-state index in [1.807, 2.05) is 0 Å². The van der Waals surface area contributed by atoms with Crippen LogP contribution >= 0.6 is 11.8 Å². The van der Waals surface area contributed by atoms with Crippen molar-refractivity contribution in [3.63, 3.8) is 0 Å². The van der Waals surface area contributed by atoms with Gasteiger partial charge in [0.2, 0.25) is 11.1 Å². The average molecular weight is 305 g/mol. The van der Waals surface area contributed by atoms with Crippen LogP contribution in [0.2, 0.25) is 0 Å². The van der Waals surface area contributed by atoms with Gasteiger partial charge in [0.25, 0.3) is 0 Å². The first-order chi connectivity index (χ1) is 9.40. The monoisotopic (exact) mass is 305 g/mol. The molecular formula is C9H10F3N7S. The van der Waals surface area contributed by atoms with Gasteiger partial charge < -0.3 is 5.32 Å². The molecule has 0 atom stereocenters. The van der Waals surface area contributed by atoms with Gasteiger partial charge >= 0.3 is 6.18 Å². The van der Waals surface area contributed by atoms with E-state index in [4.69, 9.17) is 0 Å². The number of nitrogens with one attached hydrogen (secondary N) is 1. The van der Waals surface area contributed by atoms with Crippen LogP contribution in [0.1, 0.15) is 12.6 Å². The van der Waals surface area contributed by atoms with Gasteiger partial charge in [0.15, 0.2) is 5.69 Å². The molecule has 0 radical (unpaired) electrons. The van der Waals surface area contributed by atoms with Gasteiger partial charge in [0.1, 0.15) is 5.03 Å². The zero-order valence-electron chi connectivity index (χ0n) is 10.5. The summed E-state index contributed by atoms with van der Waals surface area (Å²) in [6.45, 7) is 2.15. The molecular weight excluding hydrogens is 295 g/mol. The van der Waals surface area contributed by atoms with E-state index in [-0.39, 0.29) is 11.0 Å². The van der Waals surface area contributed by atoms with Crippen molar-refractivity contribution in [3.05, 3.63) is 11.8 Å². The first kappa shape index (κ1) is 14.5. The zero-order chi connectivity index (χ0) is 14.8. The molecule has 7 nitrogen and oxygen atoms in total. The van der Waals surface area contributed by atoms with Crippen LogP contribution in [0.15, 0.2) is 16.2 Å². The number of aryl methyl sites for hydroxylation is 1. The summed E-state index contributed by atoms with van der Waals surface area (Å²) in [6, 6.07) is 0.861. The third-order valence-electron chi connectivity index (χ3n) is 2.11. The molecule has 2 aromatic heterocycles. The van der Waals surface area contributed by atoms with Gasteiger partial charge in [-0.1, -0.05) is 0 Å². The van der Waals surface area contributed by atoms with Gasteiger partial charge in [-0.2, -0.15) is 13.2 Å². The van der Waals surface area contributed by atoms with Crippen LogP contribution < -0.4 is 5.32 Å². The largest absolute Gasteiger partial charge is 0.433 e. The Morgan fingerprint density at radius 3 is 2.65 bits per heavy atom. The molecule has 108 valence electrons.